The molecule has 4 heteroatoms. The predicted molar refractivity (Wildman–Crippen MR) is 102 cm³/mol. The van der Waals surface area contributed by atoms with E-state index in [1.54, 1.807) is 36.9 Å². The van der Waals surface area contributed by atoms with Gasteiger partial charge in [0, 0.05) is 24.8 Å². The number of rotatable bonds is 4. The zero-order valence-corrected chi connectivity index (χ0v) is 13.9. The monoisotopic (exact) mass is 334 g/mol. The zero-order chi connectivity index (χ0) is 18.2. The van der Waals surface area contributed by atoms with E-state index in [0.29, 0.717) is 22.3 Å². The minimum Gasteiger partial charge on any atom is -0.265 e. The van der Waals surface area contributed by atoms with Crippen LogP contribution in [0.25, 0.3) is 24.3 Å². The van der Waals surface area contributed by atoms with Crippen molar-refractivity contribution in [3.8, 4) is 12.1 Å². The normalized spacial score (nSPS) is 10.7. The molecule has 0 unspecified atom stereocenters. The summed E-state index contributed by atoms with van der Waals surface area (Å²) in [4.78, 5) is 7.96. The van der Waals surface area contributed by atoms with Crippen molar-refractivity contribution in [2.45, 2.75) is 0 Å². The van der Waals surface area contributed by atoms with Gasteiger partial charge in [-0.25, -0.2) is 0 Å². The maximum absolute atomic E-state index is 9.48. The second-order valence-electron chi connectivity index (χ2n) is 5.48. The zero-order valence-electron chi connectivity index (χ0n) is 13.9. The minimum atomic E-state index is 0.517. The summed E-state index contributed by atoms with van der Waals surface area (Å²) in [7, 11) is 0. The molecule has 0 aliphatic carbocycles. The average molecular weight is 334 g/mol. The van der Waals surface area contributed by atoms with Crippen molar-refractivity contribution < 1.29 is 0 Å². The van der Waals surface area contributed by atoms with Crippen LogP contribution in [0, 0.1) is 22.7 Å². The van der Waals surface area contributed by atoms with Crippen LogP contribution in [0.15, 0.2) is 61.2 Å². The summed E-state index contributed by atoms with van der Waals surface area (Å²) in [6.45, 7) is 0. The van der Waals surface area contributed by atoms with Crippen LogP contribution in [0.2, 0.25) is 0 Å². The SMILES string of the molecule is N#Cc1cc(/C=C/c2ccncc2)c(C#N)cc1/C=C/c1ccncc1. The molecule has 0 N–H and O–H groups in total. The van der Waals surface area contributed by atoms with Crippen LogP contribution in [0.3, 0.4) is 0 Å². The maximum atomic E-state index is 9.48. The molecule has 1 aromatic carbocycles. The van der Waals surface area contributed by atoms with Gasteiger partial charge in [-0.15, -0.1) is 0 Å². The second-order valence-corrected chi connectivity index (χ2v) is 5.48. The van der Waals surface area contributed by atoms with Crippen LogP contribution in [0.4, 0.5) is 0 Å². The summed E-state index contributed by atoms with van der Waals surface area (Å²) in [5.74, 6) is 0. The third kappa shape index (κ3) is 4.08. The fourth-order valence-electron chi connectivity index (χ4n) is 2.42. The molecule has 26 heavy (non-hydrogen) atoms. The molecule has 0 saturated heterocycles. The van der Waals surface area contributed by atoms with Crippen molar-refractivity contribution in [3.05, 3.63) is 94.6 Å². The summed E-state index contributed by atoms with van der Waals surface area (Å²) < 4.78 is 0. The number of aromatic nitrogens is 2. The Balaban J connectivity index is 1.96. The number of hydrogen-bond acceptors (Lipinski definition) is 4. The largest absolute Gasteiger partial charge is 0.265 e. The Morgan fingerprint density at radius 2 is 1.00 bits per heavy atom. The Morgan fingerprint density at radius 3 is 1.35 bits per heavy atom. The van der Waals surface area contributed by atoms with Crippen molar-refractivity contribution in [2.75, 3.05) is 0 Å². The Kier molecular flexibility index (Phi) is 5.30. The van der Waals surface area contributed by atoms with Gasteiger partial charge in [-0.2, -0.15) is 10.5 Å². The van der Waals surface area contributed by atoms with E-state index in [1.807, 2.05) is 48.6 Å². The third-order valence-electron chi connectivity index (χ3n) is 3.79. The highest BCUT2D eigenvalue weighted by Gasteiger charge is 2.06. The Morgan fingerprint density at radius 1 is 0.615 bits per heavy atom. The van der Waals surface area contributed by atoms with E-state index < -0.39 is 0 Å². The van der Waals surface area contributed by atoms with E-state index in [-0.39, 0.29) is 0 Å². The smallest absolute Gasteiger partial charge is 0.0998 e. The molecule has 0 fully saturated rings. The lowest BCUT2D eigenvalue weighted by molar-refractivity contribution is 1.32. The summed E-state index contributed by atoms with van der Waals surface area (Å²) in [5.41, 5.74) is 4.41. The van der Waals surface area contributed by atoms with Crippen LogP contribution < -0.4 is 0 Å². The molecule has 4 nitrogen and oxygen atoms in total. The Hall–Kier alpha value is -4.02. The molecule has 0 aliphatic rings. The van der Waals surface area contributed by atoms with Crippen molar-refractivity contribution in [3.63, 3.8) is 0 Å². The molecule has 2 aromatic heterocycles. The van der Waals surface area contributed by atoms with Gasteiger partial charge in [-0.05, 0) is 58.7 Å². The van der Waals surface area contributed by atoms with Gasteiger partial charge in [-0.3, -0.25) is 9.97 Å². The molecular weight excluding hydrogens is 320 g/mol. The van der Waals surface area contributed by atoms with Crippen LogP contribution in [0.5, 0.6) is 0 Å². The maximum Gasteiger partial charge on any atom is 0.0998 e. The second kappa shape index (κ2) is 8.19. The highest BCUT2D eigenvalue weighted by Crippen LogP contribution is 2.21. The van der Waals surface area contributed by atoms with Crippen LogP contribution in [-0.2, 0) is 0 Å². The number of benzene rings is 1. The molecule has 0 bridgehead atoms. The lowest BCUT2D eigenvalue weighted by Gasteiger charge is -2.04. The first kappa shape index (κ1) is 16.8. The number of nitriles is 2. The topological polar surface area (TPSA) is 73.4 Å². The van der Waals surface area contributed by atoms with Gasteiger partial charge in [0.15, 0.2) is 0 Å². The van der Waals surface area contributed by atoms with E-state index in [1.165, 1.54) is 0 Å². The van der Waals surface area contributed by atoms with Gasteiger partial charge >= 0.3 is 0 Å². The molecule has 2 heterocycles. The van der Waals surface area contributed by atoms with Crippen LogP contribution in [0.1, 0.15) is 33.4 Å². The molecule has 0 aliphatic heterocycles. The van der Waals surface area contributed by atoms with Gasteiger partial charge in [0.25, 0.3) is 0 Å². The molecule has 3 rings (SSSR count). The Bertz CT molecular complexity index is 950. The average Bonchev–Trinajstić information content (AvgIpc) is 2.72. The molecule has 0 amide bonds. The number of nitrogens with zero attached hydrogens (tertiary/aromatic N) is 4. The molecule has 0 spiro atoms. The van der Waals surface area contributed by atoms with Gasteiger partial charge in [0.2, 0.25) is 0 Å². The quantitative estimate of drug-likeness (QED) is 0.701. The van der Waals surface area contributed by atoms with E-state index >= 15 is 0 Å². The molecular formula is C22H14N4. The lowest BCUT2D eigenvalue weighted by Crippen LogP contribution is -1.90. The standard InChI is InChI=1S/C22H14N4/c23-15-21-14-20(4-2-18-7-11-26-12-8-18)22(16-24)13-19(21)3-1-17-5-9-25-10-6-17/h1-14H/b3-1+,4-2+. The highest BCUT2D eigenvalue weighted by molar-refractivity contribution is 5.78. The first-order valence-electron chi connectivity index (χ1n) is 7.94. The Labute approximate surface area is 152 Å². The molecule has 0 saturated carbocycles. The van der Waals surface area contributed by atoms with E-state index in [0.717, 1.165) is 11.1 Å². The van der Waals surface area contributed by atoms with Gasteiger partial charge in [0.05, 0.1) is 23.3 Å². The van der Waals surface area contributed by atoms with E-state index in [4.69, 9.17) is 0 Å². The minimum absolute atomic E-state index is 0.517. The summed E-state index contributed by atoms with van der Waals surface area (Å²) in [6, 6.07) is 15.4. The first-order chi connectivity index (χ1) is 12.8. The molecule has 0 radical (unpaired) electrons. The first-order valence-corrected chi connectivity index (χ1v) is 7.94. The summed E-state index contributed by atoms with van der Waals surface area (Å²) >= 11 is 0. The predicted octanol–water partition coefficient (Wildman–Crippen LogP) is 4.56. The van der Waals surface area contributed by atoms with Crippen LogP contribution in [-0.4, -0.2) is 9.97 Å². The molecule has 0 atom stereocenters. The summed E-state index contributed by atoms with van der Waals surface area (Å²) in [5, 5.41) is 19.0. The van der Waals surface area contributed by atoms with Crippen molar-refractivity contribution in [1.82, 2.24) is 9.97 Å². The van der Waals surface area contributed by atoms with Gasteiger partial charge in [0.1, 0.15) is 0 Å². The number of hydrogen-bond donors (Lipinski definition) is 0. The molecule has 3 aromatic rings. The highest BCUT2D eigenvalue weighted by atomic mass is 14.6. The van der Waals surface area contributed by atoms with Crippen molar-refractivity contribution in [1.29, 1.82) is 10.5 Å². The fourth-order valence-corrected chi connectivity index (χ4v) is 2.42. The molecule has 122 valence electrons. The number of pyridine rings is 2. The third-order valence-corrected chi connectivity index (χ3v) is 3.79. The summed E-state index contributed by atoms with van der Waals surface area (Å²) in [6.07, 6.45) is 14.3. The van der Waals surface area contributed by atoms with Crippen molar-refractivity contribution >= 4 is 24.3 Å². The lowest BCUT2D eigenvalue weighted by atomic mass is 9.98. The van der Waals surface area contributed by atoms with Crippen molar-refractivity contribution in [2.24, 2.45) is 0 Å². The van der Waals surface area contributed by atoms with Gasteiger partial charge < -0.3 is 0 Å². The fraction of sp³-hybridized carbons (Fsp3) is 0. The van der Waals surface area contributed by atoms with E-state index in [2.05, 4.69) is 22.1 Å². The van der Waals surface area contributed by atoms with E-state index in [9.17, 15) is 10.5 Å². The van der Waals surface area contributed by atoms with Crippen LogP contribution >= 0.6 is 0 Å². The van der Waals surface area contributed by atoms with Gasteiger partial charge in [-0.1, -0.05) is 24.3 Å².